The van der Waals surface area contributed by atoms with Crippen LogP contribution in [0.2, 0.25) is 0 Å². The van der Waals surface area contributed by atoms with Gasteiger partial charge in [0.2, 0.25) is 0 Å². The molecule has 2 aliphatic rings. The highest BCUT2D eigenvalue weighted by molar-refractivity contribution is 5.74. The molecule has 0 amide bonds. The predicted molar refractivity (Wildman–Crippen MR) is 261 cm³/mol. The Kier molecular flexibility index (Phi) is 13.9. The molecule has 0 aliphatic heterocycles. The van der Waals surface area contributed by atoms with Crippen molar-refractivity contribution in [1.29, 1.82) is 0 Å². The molecule has 7 rings (SSSR count). The molecule has 2 aliphatic carbocycles. The van der Waals surface area contributed by atoms with Crippen LogP contribution in [0, 0.1) is 11.8 Å². The third-order valence-corrected chi connectivity index (χ3v) is 11.5. The van der Waals surface area contributed by atoms with E-state index in [1.165, 1.54) is 33.5 Å². The molecule has 4 atom stereocenters. The van der Waals surface area contributed by atoms with Crippen LogP contribution >= 0.6 is 0 Å². The van der Waals surface area contributed by atoms with Crippen LogP contribution in [0.3, 0.4) is 0 Å². The second kappa shape index (κ2) is 20.2. The van der Waals surface area contributed by atoms with Crippen molar-refractivity contribution in [3.8, 4) is 22.3 Å². The van der Waals surface area contributed by atoms with E-state index in [9.17, 15) is 0 Å². The van der Waals surface area contributed by atoms with E-state index in [0.717, 1.165) is 41.0 Å². The van der Waals surface area contributed by atoms with Gasteiger partial charge in [0.1, 0.15) is 0 Å². The molecule has 0 fully saturated rings. The van der Waals surface area contributed by atoms with Crippen LogP contribution in [0.25, 0.3) is 27.8 Å². The van der Waals surface area contributed by atoms with Gasteiger partial charge in [-0.1, -0.05) is 188 Å². The van der Waals surface area contributed by atoms with Crippen molar-refractivity contribution in [2.45, 2.75) is 38.8 Å². The van der Waals surface area contributed by atoms with Crippen LogP contribution < -0.4 is 9.80 Å². The van der Waals surface area contributed by atoms with E-state index in [1.807, 2.05) is 0 Å². The number of rotatable bonds is 14. The molecule has 2 nitrogen and oxygen atoms in total. The fraction of sp³-hybridized carbons (Fsp3) is 0.138. The van der Waals surface area contributed by atoms with Crippen molar-refractivity contribution in [3.05, 3.63) is 255 Å². The summed E-state index contributed by atoms with van der Waals surface area (Å²) in [4.78, 5) is 4.89. The summed E-state index contributed by atoms with van der Waals surface area (Å²) in [6, 6.07) is 56.5. The van der Waals surface area contributed by atoms with Crippen molar-refractivity contribution in [1.82, 2.24) is 0 Å². The first kappa shape index (κ1) is 41.3. The molecule has 0 aromatic heterocycles. The predicted octanol–water partition coefficient (Wildman–Crippen LogP) is 15.5. The van der Waals surface area contributed by atoms with E-state index in [4.69, 9.17) is 6.58 Å². The number of hydrogen-bond acceptors (Lipinski definition) is 2. The summed E-state index contributed by atoms with van der Waals surface area (Å²) in [6.07, 6.45) is 23.8. The Hall–Kier alpha value is -6.90. The van der Waals surface area contributed by atoms with Crippen LogP contribution in [0.5, 0.6) is 0 Å². The fourth-order valence-corrected chi connectivity index (χ4v) is 8.27. The summed E-state index contributed by atoms with van der Waals surface area (Å²) in [7, 11) is 0. The van der Waals surface area contributed by atoms with Gasteiger partial charge in [0.05, 0.1) is 12.1 Å². The van der Waals surface area contributed by atoms with E-state index in [0.29, 0.717) is 0 Å². The molecule has 0 saturated heterocycles. The van der Waals surface area contributed by atoms with Gasteiger partial charge in [0.15, 0.2) is 0 Å². The summed E-state index contributed by atoms with van der Waals surface area (Å²) in [5, 5.41) is 0. The Morgan fingerprint density at radius 2 is 1.22 bits per heavy atom. The van der Waals surface area contributed by atoms with Crippen molar-refractivity contribution in [2.75, 3.05) is 9.80 Å². The molecule has 5 aromatic rings. The van der Waals surface area contributed by atoms with Crippen LogP contribution in [0.15, 0.2) is 249 Å². The second-order valence-corrected chi connectivity index (χ2v) is 15.4. The van der Waals surface area contributed by atoms with Crippen molar-refractivity contribution in [3.63, 3.8) is 0 Å². The number of hydrogen-bond donors (Lipinski definition) is 0. The third-order valence-electron chi connectivity index (χ3n) is 11.5. The summed E-state index contributed by atoms with van der Waals surface area (Å²) in [5.74, 6) is -0.0537. The van der Waals surface area contributed by atoms with Crippen LogP contribution in [-0.2, 0) is 0 Å². The van der Waals surface area contributed by atoms with Gasteiger partial charge in [-0.15, -0.1) is 13.2 Å². The Bertz CT molecular complexity index is 2460. The Morgan fingerprint density at radius 1 is 0.667 bits per heavy atom. The molecule has 0 radical (unpaired) electrons. The third kappa shape index (κ3) is 9.68. The zero-order valence-electron chi connectivity index (χ0n) is 35.0. The standard InChI is InChI=1S/C58H56N2/c1-6-9-26-51(7-2)60(55-42-35-50(36-43-55)48-24-17-13-18-25-48)58-29-20-28-57(56(58)8-3)45(5)46-21-14-10-11-19-27-52(39-32-46)59(53-37-30-44(4)31-38-53)54-40-33-49(34-41-54)47-22-15-12-16-23-47/h6-25,27-37,39-43,51,53,56-57H,2-3,5,26,38H2,1,4H3. The Balaban J connectivity index is 1.24. The van der Waals surface area contributed by atoms with Gasteiger partial charge in [0.25, 0.3) is 0 Å². The maximum Gasteiger partial charge on any atom is 0.0560 e. The van der Waals surface area contributed by atoms with Crippen LogP contribution in [0.4, 0.5) is 17.1 Å². The van der Waals surface area contributed by atoms with Crippen molar-refractivity contribution < 1.29 is 0 Å². The zero-order valence-corrected chi connectivity index (χ0v) is 35.0. The molecule has 298 valence electrons. The molecule has 0 saturated carbocycles. The molecule has 0 spiro atoms. The maximum atomic E-state index is 4.82. The summed E-state index contributed by atoms with van der Waals surface area (Å²) < 4.78 is 0. The summed E-state index contributed by atoms with van der Waals surface area (Å²) in [6.45, 7) is 17.8. The first-order chi connectivity index (χ1) is 29.5. The van der Waals surface area contributed by atoms with E-state index in [1.54, 1.807) is 0 Å². The van der Waals surface area contributed by atoms with Crippen LogP contribution in [-0.4, -0.2) is 12.1 Å². The lowest BCUT2D eigenvalue weighted by Crippen LogP contribution is -2.38. The minimum atomic E-state index is -0.0324. The van der Waals surface area contributed by atoms with Crippen molar-refractivity contribution in [2.24, 2.45) is 11.8 Å². The first-order valence-corrected chi connectivity index (χ1v) is 21.1. The highest BCUT2D eigenvalue weighted by Crippen LogP contribution is 2.41. The monoisotopic (exact) mass is 780 g/mol. The SMILES string of the molecule is C=CC1C(N(c2ccc(-c3ccccc3)cc2)C(C=C)CC=CC)=CC=CC1C(=C)c1ccccccc(N(c2ccc(-c3ccccc3)cc2)C2C=CC(C)=CC2)cc1. The zero-order chi connectivity index (χ0) is 41.7. The number of nitrogens with zero attached hydrogens (tertiary/aromatic N) is 2. The first-order valence-electron chi connectivity index (χ1n) is 21.1. The summed E-state index contributed by atoms with van der Waals surface area (Å²) >= 11 is 0. The second-order valence-electron chi connectivity index (χ2n) is 15.4. The molecule has 60 heavy (non-hydrogen) atoms. The Morgan fingerprint density at radius 3 is 1.80 bits per heavy atom. The molecule has 2 heteroatoms. The molecule has 4 unspecified atom stereocenters. The highest BCUT2D eigenvalue weighted by atomic mass is 15.2. The molecular formula is C58H56N2. The number of allylic oxidation sites excluding steroid dienone is 8. The van der Waals surface area contributed by atoms with Crippen molar-refractivity contribution >= 4 is 22.6 Å². The fourth-order valence-electron chi connectivity index (χ4n) is 8.27. The number of anilines is 3. The molecule has 0 bridgehead atoms. The van der Waals surface area contributed by atoms with Gasteiger partial charge in [-0.05, 0) is 103 Å². The Labute approximate surface area is 358 Å². The van der Waals surface area contributed by atoms with E-state index in [2.05, 4.69) is 255 Å². The molecule has 0 heterocycles. The quantitative estimate of drug-likeness (QED) is 0.104. The average molecular weight is 781 g/mol. The topological polar surface area (TPSA) is 6.48 Å². The van der Waals surface area contributed by atoms with Gasteiger partial charge in [-0.3, -0.25) is 0 Å². The van der Waals surface area contributed by atoms with E-state index < -0.39 is 0 Å². The van der Waals surface area contributed by atoms with Gasteiger partial charge < -0.3 is 9.80 Å². The van der Waals surface area contributed by atoms with E-state index in [-0.39, 0.29) is 23.9 Å². The highest BCUT2D eigenvalue weighted by Gasteiger charge is 2.32. The van der Waals surface area contributed by atoms with Gasteiger partial charge in [-0.2, -0.15) is 0 Å². The smallest absolute Gasteiger partial charge is 0.0560 e. The average Bonchev–Trinajstić information content (AvgIpc) is 3.31. The number of benzene rings is 4. The molecular weight excluding hydrogens is 725 g/mol. The molecule has 5 aromatic carbocycles. The lowest BCUT2D eigenvalue weighted by molar-refractivity contribution is 0.595. The van der Waals surface area contributed by atoms with Gasteiger partial charge in [-0.25, -0.2) is 0 Å². The van der Waals surface area contributed by atoms with E-state index >= 15 is 0 Å². The van der Waals surface area contributed by atoms with Gasteiger partial charge in [0, 0.05) is 34.6 Å². The summed E-state index contributed by atoms with van der Waals surface area (Å²) in [5.41, 5.74) is 12.7. The normalized spacial score (nSPS) is 17.5. The lowest BCUT2D eigenvalue weighted by atomic mass is 9.78. The maximum absolute atomic E-state index is 4.82. The lowest BCUT2D eigenvalue weighted by Gasteiger charge is -2.40. The van der Waals surface area contributed by atoms with Crippen LogP contribution in [0.1, 0.15) is 32.3 Å². The minimum absolute atomic E-state index is 0.0213. The minimum Gasteiger partial charge on any atom is -0.337 e. The van der Waals surface area contributed by atoms with Gasteiger partial charge >= 0.3 is 0 Å². The molecule has 0 N–H and O–H groups in total. The largest absolute Gasteiger partial charge is 0.337 e.